The number of pyridine rings is 1. The molecular weight excluding hydrogens is 170 g/mol. The van der Waals surface area contributed by atoms with Crippen LogP contribution in [0.2, 0.25) is 0 Å². The zero-order chi connectivity index (χ0) is 9.14. The summed E-state index contributed by atoms with van der Waals surface area (Å²) in [6, 6.07) is 1.89. The molecule has 2 N–H and O–H groups in total. The van der Waals surface area contributed by atoms with Gasteiger partial charge in [-0.15, -0.1) is 0 Å². The fourth-order valence-corrected chi connectivity index (χ4v) is 1.39. The Bertz CT molecular complexity index is 316. The van der Waals surface area contributed by atoms with E-state index < -0.39 is 0 Å². The molecule has 66 valence electrons. The molecule has 0 bridgehead atoms. The average molecular weight is 183 g/mol. The number of nitrogens with two attached hydrogens (primary N) is 1. The average Bonchev–Trinajstić information content (AvgIpc) is 1.94. The van der Waals surface area contributed by atoms with Crippen LogP contribution >= 0.6 is 0 Å². The zero-order valence-corrected chi connectivity index (χ0v) is 8.35. The van der Waals surface area contributed by atoms with Gasteiger partial charge in [-0.3, -0.25) is 0 Å². The predicted octanol–water partition coefficient (Wildman–Crippen LogP) is 1.67. The lowest BCUT2D eigenvalue weighted by atomic mass is 10.3. The van der Waals surface area contributed by atoms with Crippen molar-refractivity contribution in [3.63, 3.8) is 0 Å². The number of aromatic nitrogens is 1. The van der Waals surface area contributed by atoms with E-state index in [1.165, 1.54) is 0 Å². The maximum absolute atomic E-state index is 5.56. The van der Waals surface area contributed by atoms with Crippen LogP contribution in [0.1, 0.15) is 5.56 Å². The predicted molar refractivity (Wildman–Crippen MR) is 54.7 cm³/mol. The molecule has 1 heterocycles. The molecule has 4 heteroatoms. The Morgan fingerprint density at radius 3 is 2.67 bits per heavy atom. The third-order valence-corrected chi connectivity index (χ3v) is 1.88. The summed E-state index contributed by atoms with van der Waals surface area (Å²) < 4.78 is 4.36. The topological polar surface area (TPSA) is 51.3 Å². The van der Waals surface area contributed by atoms with Gasteiger partial charge in [0, 0.05) is 0 Å². The maximum atomic E-state index is 5.56. The summed E-state index contributed by atoms with van der Waals surface area (Å²) in [6.07, 6.45) is 5.74. The highest BCUT2D eigenvalue weighted by Crippen LogP contribution is 2.17. The van der Waals surface area contributed by atoms with Crippen molar-refractivity contribution in [1.82, 2.24) is 4.98 Å². The Morgan fingerprint density at radius 2 is 2.17 bits per heavy atom. The quantitative estimate of drug-likeness (QED) is 0.720. The van der Waals surface area contributed by atoms with E-state index in [9.17, 15) is 0 Å². The van der Waals surface area contributed by atoms with Gasteiger partial charge in [0.15, 0.2) is 5.82 Å². The fraction of sp³-hybridized carbons (Fsp3) is 0.375. The van der Waals surface area contributed by atoms with Gasteiger partial charge in [-0.25, -0.2) is 9.35 Å². The Labute approximate surface area is 75.1 Å². The lowest BCUT2D eigenvalue weighted by Gasteiger charge is -2.00. The van der Waals surface area contributed by atoms with Gasteiger partial charge in [0.1, 0.15) is 0 Å². The van der Waals surface area contributed by atoms with E-state index in [1.807, 2.05) is 13.0 Å². The van der Waals surface area contributed by atoms with Crippen molar-refractivity contribution in [1.29, 1.82) is 0 Å². The molecule has 0 aliphatic carbocycles. The first kappa shape index (κ1) is 9.19. The van der Waals surface area contributed by atoms with Gasteiger partial charge in [-0.1, -0.05) is 10.7 Å². The van der Waals surface area contributed by atoms with E-state index in [-0.39, 0.29) is 10.7 Å². The number of rotatable bonds is 1. The molecule has 0 saturated carbocycles. The fourth-order valence-electron chi connectivity index (χ4n) is 0.858. The van der Waals surface area contributed by atoms with Gasteiger partial charge in [-0.05, 0) is 31.1 Å². The number of anilines is 1. The van der Waals surface area contributed by atoms with E-state index in [0.717, 1.165) is 11.4 Å². The molecule has 0 unspecified atom stereocenters. The second-order valence-corrected chi connectivity index (χ2v) is 4.50. The minimum absolute atomic E-state index is 0.0382. The van der Waals surface area contributed by atoms with Crippen LogP contribution in [0.3, 0.4) is 0 Å². The molecule has 0 fully saturated rings. The molecule has 0 aromatic carbocycles. The van der Waals surface area contributed by atoms with Crippen molar-refractivity contribution in [3.8, 4) is 0 Å². The molecule has 0 amide bonds. The van der Waals surface area contributed by atoms with Crippen LogP contribution < -0.4 is 5.73 Å². The van der Waals surface area contributed by atoms with Crippen LogP contribution in [0.15, 0.2) is 16.6 Å². The van der Waals surface area contributed by atoms with Gasteiger partial charge >= 0.3 is 0 Å². The summed E-state index contributed by atoms with van der Waals surface area (Å²) >= 11 is 0. The van der Waals surface area contributed by atoms with Crippen molar-refractivity contribution in [2.75, 3.05) is 18.2 Å². The van der Waals surface area contributed by atoms with Crippen molar-refractivity contribution in [2.45, 2.75) is 6.92 Å². The molecular formula is C8H13N3S. The van der Waals surface area contributed by atoms with Gasteiger partial charge < -0.3 is 5.73 Å². The van der Waals surface area contributed by atoms with Crippen LogP contribution in [-0.4, -0.2) is 17.5 Å². The lowest BCUT2D eigenvalue weighted by Crippen LogP contribution is -1.89. The summed E-state index contributed by atoms with van der Waals surface area (Å²) in [7, 11) is 0.0382. The minimum atomic E-state index is 0.0382. The first-order valence-corrected chi connectivity index (χ1v) is 5.61. The number of aryl methyl sites for hydroxylation is 1. The van der Waals surface area contributed by atoms with Crippen LogP contribution in [-0.2, 0) is 10.7 Å². The molecule has 3 nitrogen and oxygen atoms in total. The van der Waals surface area contributed by atoms with Gasteiger partial charge in [0.05, 0.1) is 11.9 Å². The van der Waals surface area contributed by atoms with E-state index in [1.54, 1.807) is 6.20 Å². The zero-order valence-electron chi connectivity index (χ0n) is 7.53. The molecule has 12 heavy (non-hydrogen) atoms. The van der Waals surface area contributed by atoms with E-state index >= 15 is 0 Å². The van der Waals surface area contributed by atoms with E-state index in [0.29, 0.717) is 5.69 Å². The third kappa shape index (κ3) is 2.30. The van der Waals surface area contributed by atoms with Crippen molar-refractivity contribution in [3.05, 3.63) is 17.8 Å². The highest BCUT2D eigenvalue weighted by atomic mass is 32.2. The standard InChI is InChI=1S/C8H13N3S/c1-6-4-7(9)5-10-8(6)11-12(2)3/h4-5H,9H2,1-3H3. The maximum Gasteiger partial charge on any atom is 0.161 e. The number of hydrogen-bond donors (Lipinski definition) is 1. The molecule has 0 spiro atoms. The van der Waals surface area contributed by atoms with Gasteiger partial charge in [0.25, 0.3) is 0 Å². The second-order valence-electron chi connectivity index (χ2n) is 2.77. The van der Waals surface area contributed by atoms with Crippen molar-refractivity contribution >= 4 is 22.2 Å². The Balaban J connectivity index is 3.10. The first-order valence-electron chi connectivity index (χ1n) is 3.61. The molecule has 0 aliphatic heterocycles. The Kier molecular flexibility index (Phi) is 2.81. The molecule has 1 aromatic heterocycles. The third-order valence-electron chi connectivity index (χ3n) is 1.34. The SMILES string of the molecule is Cc1cc(N)cnc1N=S(C)C. The number of nitrogens with zero attached hydrogens (tertiary/aromatic N) is 2. The molecule has 0 aliphatic rings. The van der Waals surface area contributed by atoms with Crippen LogP contribution in [0.25, 0.3) is 0 Å². The van der Waals surface area contributed by atoms with Crippen LogP contribution in [0.4, 0.5) is 11.5 Å². The lowest BCUT2D eigenvalue weighted by molar-refractivity contribution is 1.24. The summed E-state index contributed by atoms with van der Waals surface area (Å²) in [6.45, 7) is 1.97. The molecule has 0 atom stereocenters. The van der Waals surface area contributed by atoms with Crippen LogP contribution in [0, 0.1) is 6.92 Å². The number of nitrogen functional groups attached to an aromatic ring is 1. The molecule has 0 saturated heterocycles. The van der Waals surface area contributed by atoms with Crippen molar-refractivity contribution in [2.24, 2.45) is 4.36 Å². The summed E-state index contributed by atoms with van der Waals surface area (Å²) in [5.41, 5.74) is 7.29. The highest BCUT2D eigenvalue weighted by Gasteiger charge is 1.97. The van der Waals surface area contributed by atoms with E-state index in [4.69, 9.17) is 5.73 Å². The molecule has 1 aromatic rings. The normalized spacial score (nSPS) is 10.3. The number of hydrogen-bond acceptors (Lipinski definition) is 3. The smallest absolute Gasteiger partial charge is 0.161 e. The summed E-state index contributed by atoms with van der Waals surface area (Å²) in [5.74, 6) is 0.803. The largest absolute Gasteiger partial charge is 0.397 e. The van der Waals surface area contributed by atoms with Gasteiger partial charge in [-0.2, -0.15) is 0 Å². The van der Waals surface area contributed by atoms with Crippen LogP contribution in [0.5, 0.6) is 0 Å². The second kappa shape index (κ2) is 3.67. The summed E-state index contributed by atoms with van der Waals surface area (Å²) in [4.78, 5) is 4.13. The van der Waals surface area contributed by atoms with Crippen molar-refractivity contribution < 1.29 is 0 Å². The highest BCUT2D eigenvalue weighted by molar-refractivity contribution is 7.85. The molecule has 0 radical (unpaired) electrons. The first-order chi connectivity index (χ1) is 5.59. The molecule has 1 rings (SSSR count). The monoisotopic (exact) mass is 183 g/mol. The minimum Gasteiger partial charge on any atom is -0.397 e. The summed E-state index contributed by atoms with van der Waals surface area (Å²) in [5, 5.41) is 0. The van der Waals surface area contributed by atoms with Gasteiger partial charge in [0.2, 0.25) is 0 Å². The Hall–Kier alpha value is -0.900. The van der Waals surface area contributed by atoms with E-state index in [2.05, 4.69) is 21.9 Å². The Morgan fingerprint density at radius 1 is 1.50 bits per heavy atom.